The Morgan fingerprint density at radius 3 is 2.12 bits per heavy atom. The lowest BCUT2D eigenvalue weighted by Crippen LogP contribution is -2.75. The van der Waals surface area contributed by atoms with Crippen LogP contribution in [0.15, 0.2) is 23.3 Å². The predicted molar refractivity (Wildman–Crippen MR) is 117 cm³/mol. The maximum absolute atomic E-state index is 12.2. The molecule has 1 saturated heterocycles. The van der Waals surface area contributed by atoms with Crippen LogP contribution < -0.4 is 0 Å². The number of carbonyl (C=O) groups excluding carboxylic acids is 4. The molecule has 0 spiro atoms. The van der Waals surface area contributed by atoms with Crippen molar-refractivity contribution < 1.29 is 42.9 Å². The molecule has 0 aromatic carbocycles. The van der Waals surface area contributed by atoms with Crippen LogP contribution in [0.1, 0.15) is 54.4 Å². The number of hydrogen-bond acceptors (Lipinski definition) is 9. The van der Waals surface area contributed by atoms with Crippen molar-refractivity contribution in [2.45, 2.75) is 84.4 Å². The third-order valence-corrected chi connectivity index (χ3v) is 7.78. The second kappa shape index (κ2) is 8.52. The SMILES string of the molecule is CC(=O)O[C@H]1C=C2C(=C[C@@H]3[C@]4(OC(C)=O)CO[C@@H]4C[C@H](OC(C)=O)[C@@]13C)C[C@@H](OC(C)=O)[C@H]2C. The van der Waals surface area contributed by atoms with Crippen LogP contribution >= 0.6 is 0 Å². The van der Waals surface area contributed by atoms with Gasteiger partial charge in [-0.2, -0.15) is 0 Å². The van der Waals surface area contributed by atoms with Crippen molar-refractivity contribution >= 4 is 23.9 Å². The maximum Gasteiger partial charge on any atom is 0.303 e. The van der Waals surface area contributed by atoms with E-state index in [9.17, 15) is 19.2 Å². The summed E-state index contributed by atoms with van der Waals surface area (Å²) < 4.78 is 28.9. The van der Waals surface area contributed by atoms with E-state index in [0.717, 1.165) is 11.1 Å². The van der Waals surface area contributed by atoms with Gasteiger partial charge in [0.25, 0.3) is 0 Å². The summed E-state index contributed by atoms with van der Waals surface area (Å²) in [5.41, 5.74) is -0.0855. The summed E-state index contributed by atoms with van der Waals surface area (Å²) in [5.74, 6) is -2.38. The van der Waals surface area contributed by atoms with E-state index in [1.807, 2.05) is 26.0 Å². The Labute approximate surface area is 198 Å². The summed E-state index contributed by atoms with van der Waals surface area (Å²) in [7, 11) is 0. The molecule has 8 atom stereocenters. The molecule has 0 aromatic heterocycles. The molecule has 0 radical (unpaired) electrons. The highest BCUT2D eigenvalue weighted by Crippen LogP contribution is 2.60. The van der Waals surface area contributed by atoms with E-state index in [2.05, 4.69) is 0 Å². The molecule has 3 fully saturated rings. The van der Waals surface area contributed by atoms with Crippen LogP contribution in [-0.4, -0.2) is 60.5 Å². The summed E-state index contributed by atoms with van der Waals surface area (Å²) in [6.07, 6.45) is 2.43. The van der Waals surface area contributed by atoms with Crippen LogP contribution in [-0.2, 0) is 42.9 Å². The third-order valence-electron chi connectivity index (χ3n) is 7.78. The van der Waals surface area contributed by atoms with Crippen molar-refractivity contribution in [2.24, 2.45) is 17.3 Å². The first-order valence-corrected chi connectivity index (χ1v) is 11.6. The molecule has 0 amide bonds. The molecular formula is C25H32O9. The van der Waals surface area contributed by atoms with Gasteiger partial charge in [-0.1, -0.05) is 19.9 Å². The lowest BCUT2D eigenvalue weighted by Gasteiger charge is -2.62. The first kappa shape index (κ1) is 24.4. The Morgan fingerprint density at radius 2 is 1.59 bits per heavy atom. The van der Waals surface area contributed by atoms with Gasteiger partial charge in [-0.05, 0) is 17.2 Å². The van der Waals surface area contributed by atoms with E-state index in [-0.39, 0.29) is 24.6 Å². The van der Waals surface area contributed by atoms with E-state index in [1.54, 1.807) is 0 Å². The molecule has 9 nitrogen and oxygen atoms in total. The monoisotopic (exact) mass is 476 g/mol. The summed E-state index contributed by atoms with van der Waals surface area (Å²) in [4.78, 5) is 48.2. The second-order valence-electron chi connectivity index (χ2n) is 10.0. The van der Waals surface area contributed by atoms with E-state index in [0.29, 0.717) is 12.8 Å². The van der Waals surface area contributed by atoms with Crippen LogP contribution in [0.25, 0.3) is 0 Å². The van der Waals surface area contributed by atoms with E-state index in [4.69, 9.17) is 23.7 Å². The zero-order chi connectivity index (χ0) is 25.0. The molecule has 34 heavy (non-hydrogen) atoms. The fourth-order valence-corrected chi connectivity index (χ4v) is 6.25. The van der Waals surface area contributed by atoms with Crippen molar-refractivity contribution in [1.82, 2.24) is 0 Å². The van der Waals surface area contributed by atoms with Crippen molar-refractivity contribution in [3.63, 3.8) is 0 Å². The fourth-order valence-electron chi connectivity index (χ4n) is 6.25. The molecule has 4 aliphatic rings. The highest BCUT2D eigenvalue weighted by Gasteiger charge is 2.70. The minimum absolute atomic E-state index is 0.137. The molecule has 0 N–H and O–H groups in total. The highest BCUT2D eigenvalue weighted by molar-refractivity contribution is 5.69. The smallest absolute Gasteiger partial charge is 0.303 e. The first-order chi connectivity index (χ1) is 15.9. The van der Waals surface area contributed by atoms with Gasteiger partial charge in [-0.25, -0.2) is 0 Å². The van der Waals surface area contributed by atoms with Gasteiger partial charge in [-0.15, -0.1) is 0 Å². The van der Waals surface area contributed by atoms with Crippen molar-refractivity contribution in [3.8, 4) is 0 Å². The molecular weight excluding hydrogens is 444 g/mol. The molecule has 2 saturated carbocycles. The average Bonchev–Trinajstić information content (AvgIpc) is 2.90. The zero-order valence-electron chi connectivity index (χ0n) is 20.4. The van der Waals surface area contributed by atoms with Crippen LogP contribution in [0, 0.1) is 17.3 Å². The molecule has 0 bridgehead atoms. The number of fused-ring (bicyclic) bond motifs is 4. The van der Waals surface area contributed by atoms with Crippen LogP contribution in [0.5, 0.6) is 0 Å². The number of carbonyl (C=O) groups is 4. The van der Waals surface area contributed by atoms with Gasteiger partial charge in [0.15, 0.2) is 5.60 Å². The van der Waals surface area contributed by atoms with E-state index >= 15 is 0 Å². The van der Waals surface area contributed by atoms with Gasteiger partial charge < -0.3 is 23.7 Å². The van der Waals surface area contributed by atoms with E-state index in [1.165, 1.54) is 27.7 Å². The molecule has 4 rings (SSSR count). The van der Waals surface area contributed by atoms with Gasteiger partial charge in [0, 0.05) is 52.4 Å². The van der Waals surface area contributed by atoms with Crippen molar-refractivity contribution in [1.29, 1.82) is 0 Å². The van der Waals surface area contributed by atoms with Crippen LogP contribution in [0.2, 0.25) is 0 Å². The van der Waals surface area contributed by atoms with Crippen molar-refractivity contribution in [2.75, 3.05) is 6.61 Å². The van der Waals surface area contributed by atoms with Crippen LogP contribution in [0.3, 0.4) is 0 Å². The average molecular weight is 477 g/mol. The lowest BCUT2D eigenvalue weighted by atomic mass is 9.54. The normalized spacial score (nSPS) is 40.1. The fraction of sp³-hybridized carbons (Fsp3) is 0.680. The summed E-state index contributed by atoms with van der Waals surface area (Å²) in [6.45, 7) is 9.44. The molecule has 0 aromatic rings. The summed E-state index contributed by atoms with van der Waals surface area (Å²) in [6, 6.07) is 0. The van der Waals surface area contributed by atoms with Gasteiger partial charge in [-0.3, -0.25) is 19.2 Å². The summed E-state index contributed by atoms with van der Waals surface area (Å²) >= 11 is 0. The molecule has 1 heterocycles. The molecule has 0 unspecified atom stereocenters. The van der Waals surface area contributed by atoms with Gasteiger partial charge >= 0.3 is 23.9 Å². The zero-order valence-corrected chi connectivity index (χ0v) is 20.4. The topological polar surface area (TPSA) is 114 Å². The lowest BCUT2D eigenvalue weighted by molar-refractivity contribution is -0.321. The molecule has 3 aliphatic carbocycles. The maximum atomic E-state index is 12.2. The highest BCUT2D eigenvalue weighted by atomic mass is 16.6. The van der Waals surface area contributed by atoms with Gasteiger partial charge in [0.05, 0.1) is 12.0 Å². The van der Waals surface area contributed by atoms with Crippen LogP contribution in [0.4, 0.5) is 0 Å². The first-order valence-electron chi connectivity index (χ1n) is 11.6. The molecule has 9 heteroatoms. The minimum Gasteiger partial charge on any atom is -0.462 e. The Bertz CT molecular complexity index is 981. The Balaban J connectivity index is 1.89. The molecule has 186 valence electrons. The number of rotatable bonds is 4. The standard InChI is InChI=1S/C25H32O9/c1-12-18-9-21(32-14(3)27)24(6)20(8-17(18)7-19(12)31-13(2)26)25(34-16(5)29)11-30-23(25)10-22(24)33-15(4)28/h8-9,12,19-23H,7,10-11H2,1-6H3/t12-,19+,20-,21-,22-,23+,24+,25+/m0/s1. The molecule has 1 aliphatic heterocycles. The number of ether oxygens (including phenoxy) is 5. The Morgan fingerprint density at radius 1 is 0.941 bits per heavy atom. The largest absolute Gasteiger partial charge is 0.462 e. The van der Waals surface area contributed by atoms with Crippen molar-refractivity contribution in [3.05, 3.63) is 23.3 Å². The second-order valence-corrected chi connectivity index (χ2v) is 10.0. The quantitative estimate of drug-likeness (QED) is 0.446. The van der Waals surface area contributed by atoms with E-state index < -0.39 is 53.2 Å². The number of hydrogen-bond donors (Lipinski definition) is 0. The Kier molecular flexibility index (Phi) is 6.12. The third kappa shape index (κ3) is 3.83. The summed E-state index contributed by atoms with van der Waals surface area (Å²) in [5, 5.41) is 0. The Hall–Kier alpha value is -2.68. The van der Waals surface area contributed by atoms with Gasteiger partial charge in [0.2, 0.25) is 0 Å². The number of esters is 4. The predicted octanol–water partition coefficient (Wildman–Crippen LogP) is 2.41. The minimum atomic E-state index is -0.991. The van der Waals surface area contributed by atoms with Gasteiger partial charge in [0.1, 0.15) is 24.4 Å².